The maximum atomic E-state index is 12.8. The molecule has 0 fully saturated rings. The van der Waals surface area contributed by atoms with Gasteiger partial charge in [-0.1, -0.05) is 19.1 Å². The molecule has 0 saturated heterocycles. The standard InChI is InChI=1S/C14H19FN2/c1-2-13(14-9-8-11(15)10-16-14)17-12-6-4-3-5-7-12/h3-4,8-10,12-13,17H,2,5-7H2,1H3. The molecule has 2 atom stereocenters. The Bertz CT molecular complexity index is 372. The van der Waals surface area contributed by atoms with E-state index in [1.54, 1.807) is 6.07 Å². The van der Waals surface area contributed by atoms with Crippen LogP contribution in [-0.4, -0.2) is 11.0 Å². The summed E-state index contributed by atoms with van der Waals surface area (Å²) in [5, 5.41) is 3.61. The molecule has 0 amide bonds. The summed E-state index contributed by atoms with van der Waals surface area (Å²) in [6.07, 6.45) is 10.1. The van der Waals surface area contributed by atoms with Gasteiger partial charge in [0.05, 0.1) is 11.9 Å². The molecule has 0 aromatic carbocycles. The van der Waals surface area contributed by atoms with Crippen molar-refractivity contribution in [2.75, 3.05) is 0 Å². The minimum absolute atomic E-state index is 0.229. The molecule has 3 heteroatoms. The Hall–Kier alpha value is -1.22. The van der Waals surface area contributed by atoms with Gasteiger partial charge in [0.2, 0.25) is 0 Å². The third kappa shape index (κ3) is 3.37. The fourth-order valence-electron chi connectivity index (χ4n) is 2.24. The zero-order valence-electron chi connectivity index (χ0n) is 10.2. The van der Waals surface area contributed by atoms with Crippen LogP contribution in [0.5, 0.6) is 0 Å². The lowest BCUT2D eigenvalue weighted by Gasteiger charge is -2.25. The Morgan fingerprint density at radius 2 is 2.35 bits per heavy atom. The Balaban J connectivity index is 2.00. The molecule has 0 saturated carbocycles. The van der Waals surface area contributed by atoms with E-state index in [1.807, 2.05) is 0 Å². The second-order valence-electron chi connectivity index (χ2n) is 4.51. The van der Waals surface area contributed by atoms with E-state index < -0.39 is 0 Å². The van der Waals surface area contributed by atoms with Gasteiger partial charge in [-0.2, -0.15) is 0 Å². The van der Waals surface area contributed by atoms with Crippen LogP contribution in [0.15, 0.2) is 30.5 Å². The third-order valence-electron chi connectivity index (χ3n) is 3.22. The lowest BCUT2D eigenvalue weighted by molar-refractivity contribution is 0.396. The number of halogens is 1. The first-order valence-electron chi connectivity index (χ1n) is 6.32. The van der Waals surface area contributed by atoms with E-state index in [2.05, 4.69) is 29.4 Å². The van der Waals surface area contributed by atoms with Gasteiger partial charge >= 0.3 is 0 Å². The van der Waals surface area contributed by atoms with Crippen LogP contribution in [0, 0.1) is 5.82 Å². The molecular weight excluding hydrogens is 215 g/mol. The molecule has 1 N–H and O–H groups in total. The molecule has 0 aliphatic heterocycles. The van der Waals surface area contributed by atoms with Crippen LogP contribution in [0.1, 0.15) is 44.3 Å². The molecule has 1 aromatic rings. The Kier molecular flexibility index (Phi) is 4.26. The van der Waals surface area contributed by atoms with Crippen LogP contribution < -0.4 is 5.32 Å². The molecule has 2 unspecified atom stereocenters. The normalized spacial score (nSPS) is 21.4. The van der Waals surface area contributed by atoms with E-state index in [1.165, 1.54) is 18.7 Å². The molecule has 1 heterocycles. The number of nitrogens with zero attached hydrogens (tertiary/aromatic N) is 1. The zero-order chi connectivity index (χ0) is 12.1. The molecule has 0 radical (unpaired) electrons. The summed E-state index contributed by atoms with van der Waals surface area (Å²) >= 11 is 0. The monoisotopic (exact) mass is 234 g/mol. The highest BCUT2D eigenvalue weighted by Gasteiger charge is 2.16. The highest BCUT2D eigenvalue weighted by molar-refractivity contribution is 5.10. The van der Waals surface area contributed by atoms with Gasteiger partial charge in [-0.25, -0.2) is 4.39 Å². The molecule has 2 nitrogen and oxygen atoms in total. The second-order valence-corrected chi connectivity index (χ2v) is 4.51. The summed E-state index contributed by atoms with van der Waals surface area (Å²) in [5.74, 6) is -0.274. The summed E-state index contributed by atoms with van der Waals surface area (Å²) in [6, 6.07) is 4.01. The fraction of sp³-hybridized carbons (Fsp3) is 0.500. The van der Waals surface area contributed by atoms with Gasteiger partial charge in [0.25, 0.3) is 0 Å². The lowest BCUT2D eigenvalue weighted by atomic mass is 9.99. The summed E-state index contributed by atoms with van der Waals surface area (Å²) in [4.78, 5) is 4.16. The van der Waals surface area contributed by atoms with E-state index in [4.69, 9.17) is 0 Å². The predicted molar refractivity (Wildman–Crippen MR) is 67.1 cm³/mol. The Morgan fingerprint density at radius 3 is 2.94 bits per heavy atom. The Morgan fingerprint density at radius 1 is 1.47 bits per heavy atom. The minimum atomic E-state index is -0.274. The quantitative estimate of drug-likeness (QED) is 0.808. The smallest absolute Gasteiger partial charge is 0.141 e. The molecule has 1 aromatic heterocycles. The molecule has 2 rings (SSSR count). The van der Waals surface area contributed by atoms with Crippen molar-refractivity contribution in [1.29, 1.82) is 0 Å². The van der Waals surface area contributed by atoms with E-state index in [-0.39, 0.29) is 11.9 Å². The zero-order valence-corrected chi connectivity index (χ0v) is 10.2. The van der Waals surface area contributed by atoms with Crippen LogP contribution in [0.2, 0.25) is 0 Å². The van der Waals surface area contributed by atoms with Crippen LogP contribution in [0.4, 0.5) is 4.39 Å². The van der Waals surface area contributed by atoms with Crippen molar-refractivity contribution in [3.8, 4) is 0 Å². The average Bonchev–Trinajstić information content (AvgIpc) is 2.38. The predicted octanol–water partition coefficient (Wildman–Crippen LogP) is 3.37. The van der Waals surface area contributed by atoms with Crippen LogP contribution >= 0.6 is 0 Å². The van der Waals surface area contributed by atoms with Gasteiger partial charge in [-0.3, -0.25) is 4.98 Å². The Labute approximate surface area is 102 Å². The van der Waals surface area contributed by atoms with Crippen molar-refractivity contribution in [3.63, 3.8) is 0 Å². The van der Waals surface area contributed by atoms with Crippen molar-refractivity contribution in [2.24, 2.45) is 0 Å². The van der Waals surface area contributed by atoms with Crippen molar-refractivity contribution in [3.05, 3.63) is 42.0 Å². The van der Waals surface area contributed by atoms with Gasteiger partial charge in [-0.05, 0) is 37.8 Å². The number of allylic oxidation sites excluding steroid dienone is 1. The minimum Gasteiger partial charge on any atom is -0.306 e. The number of aromatic nitrogens is 1. The number of pyridine rings is 1. The summed E-state index contributed by atoms with van der Waals surface area (Å²) in [5.41, 5.74) is 0.934. The molecule has 92 valence electrons. The van der Waals surface area contributed by atoms with Gasteiger partial charge in [0.15, 0.2) is 0 Å². The van der Waals surface area contributed by atoms with E-state index in [9.17, 15) is 4.39 Å². The van der Waals surface area contributed by atoms with Crippen LogP contribution in [0.25, 0.3) is 0 Å². The SMILES string of the molecule is CCC(NC1CC=CCC1)c1ccc(F)cn1. The first-order valence-corrected chi connectivity index (χ1v) is 6.32. The number of hydrogen-bond acceptors (Lipinski definition) is 2. The van der Waals surface area contributed by atoms with E-state index >= 15 is 0 Å². The summed E-state index contributed by atoms with van der Waals surface area (Å²) in [7, 11) is 0. The fourth-order valence-corrected chi connectivity index (χ4v) is 2.24. The van der Waals surface area contributed by atoms with E-state index in [0.717, 1.165) is 25.0 Å². The van der Waals surface area contributed by atoms with Crippen molar-refractivity contribution in [2.45, 2.75) is 44.7 Å². The number of hydrogen-bond donors (Lipinski definition) is 1. The highest BCUT2D eigenvalue weighted by atomic mass is 19.1. The van der Waals surface area contributed by atoms with Crippen LogP contribution in [-0.2, 0) is 0 Å². The van der Waals surface area contributed by atoms with Gasteiger partial charge in [-0.15, -0.1) is 0 Å². The van der Waals surface area contributed by atoms with Crippen LogP contribution in [0.3, 0.4) is 0 Å². The van der Waals surface area contributed by atoms with Gasteiger partial charge < -0.3 is 5.32 Å². The third-order valence-corrected chi connectivity index (χ3v) is 3.22. The summed E-state index contributed by atoms with van der Waals surface area (Å²) < 4.78 is 12.8. The van der Waals surface area contributed by atoms with E-state index in [0.29, 0.717) is 6.04 Å². The molecule has 0 spiro atoms. The molecule has 0 bridgehead atoms. The lowest BCUT2D eigenvalue weighted by Crippen LogP contribution is -2.33. The second kappa shape index (κ2) is 5.92. The van der Waals surface area contributed by atoms with Crippen molar-refractivity contribution < 1.29 is 4.39 Å². The highest BCUT2D eigenvalue weighted by Crippen LogP contribution is 2.19. The van der Waals surface area contributed by atoms with Gasteiger partial charge in [0.1, 0.15) is 5.82 Å². The first kappa shape index (κ1) is 12.2. The molecule has 1 aliphatic carbocycles. The topological polar surface area (TPSA) is 24.9 Å². The van der Waals surface area contributed by atoms with Crippen molar-refractivity contribution >= 4 is 0 Å². The summed E-state index contributed by atoms with van der Waals surface area (Å²) in [6.45, 7) is 2.13. The molecule has 17 heavy (non-hydrogen) atoms. The largest absolute Gasteiger partial charge is 0.306 e. The number of rotatable bonds is 4. The maximum Gasteiger partial charge on any atom is 0.141 e. The first-order chi connectivity index (χ1) is 8.29. The van der Waals surface area contributed by atoms with Crippen molar-refractivity contribution in [1.82, 2.24) is 10.3 Å². The number of nitrogens with one attached hydrogen (secondary N) is 1. The molecule has 1 aliphatic rings. The van der Waals surface area contributed by atoms with Gasteiger partial charge in [0, 0.05) is 12.1 Å². The average molecular weight is 234 g/mol. The molecular formula is C14H19FN2. The maximum absolute atomic E-state index is 12.8.